The van der Waals surface area contributed by atoms with Crippen molar-refractivity contribution in [3.8, 4) is 11.3 Å². The molecule has 1 nitrogen and oxygen atoms in total. The SMILES string of the molecule is CCC(C)c1ccc(-c2csc(C)n2)cc1. The lowest BCUT2D eigenvalue weighted by Gasteiger charge is -2.08. The maximum atomic E-state index is 4.49. The van der Waals surface area contributed by atoms with Gasteiger partial charge in [0.05, 0.1) is 10.7 Å². The number of benzene rings is 1. The lowest BCUT2D eigenvalue weighted by atomic mass is 9.97. The molecule has 2 rings (SSSR count). The van der Waals surface area contributed by atoms with Gasteiger partial charge in [-0.25, -0.2) is 4.98 Å². The quantitative estimate of drug-likeness (QED) is 0.750. The van der Waals surface area contributed by atoms with E-state index < -0.39 is 0 Å². The molecule has 0 bridgehead atoms. The molecular weight excluding hydrogens is 214 g/mol. The molecule has 0 N–H and O–H groups in total. The zero-order valence-corrected chi connectivity index (χ0v) is 10.8. The highest BCUT2D eigenvalue weighted by Gasteiger charge is 2.05. The minimum absolute atomic E-state index is 0.645. The van der Waals surface area contributed by atoms with E-state index in [-0.39, 0.29) is 0 Å². The molecule has 1 unspecified atom stereocenters. The van der Waals surface area contributed by atoms with Crippen molar-refractivity contribution in [3.63, 3.8) is 0 Å². The van der Waals surface area contributed by atoms with Gasteiger partial charge in [-0.05, 0) is 24.8 Å². The lowest BCUT2D eigenvalue weighted by Crippen LogP contribution is -1.90. The van der Waals surface area contributed by atoms with Gasteiger partial charge in [-0.3, -0.25) is 0 Å². The van der Waals surface area contributed by atoms with E-state index in [1.807, 2.05) is 6.92 Å². The summed E-state index contributed by atoms with van der Waals surface area (Å²) < 4.78 is 0. The fraction of sp³-hybridized carbons (Fsp3) is 0.357. The number of aryl methyl sites for hydroxylation is 1. The van der Waals surface area contributed by atoms with Crippen LogP contribution in [0.3, 0.4) is 0 Å². The van der Waals surface area contributed by atoms with E-state index in [9.17, 15) is 0 Å². The van der Waals surface area contributed by atoms with E-state index in [0.29, 0.717) is 5.92 Å². The Morgan fingerprint density at radius 3 is 2.44 bits per heavy atom. The van der Waals surface area contributed by atoms with E-state index in [4.69, 9.17) is 0 Å². The lowest BCUT2D eigenvalue weighted by molar-refractivity contribution is 0.734. The van der Waals surface area contributed by atoms with E-state index in [1.165, 1.54) is 17.5 Å². The smallest absolute Gasteiger partial charge is 0.0901 e. The van der Waals surface area contributed by atoms with Gasteiger partial charge in [0.2, 0.25) is 0 Å². The van der Waals surface area contributed by atoms with Crippen LogP contribution in [0.25, 0.3) is 11.3 Å². The number of aromatic nitrogens is 1. The van der Waals surface area contributed by atoms with Crippen molar-refractivity contribution in [2.75, 3.05) is 0 Å². The second-order valence-corrected chi connectivity index (χ2v) is 5.25. The molecule has 0 spiro atoms. The summed E-state index contributed by atoms with van der Waals surface area (Å²) in [6.45, 7) is 6.53. The summed E-state index contributed by atoms with van der Waals surface area (Å²) in [6.07, 6.45) is 1.19. The molecule has 1 aromatic heterocycles. The van der Waals surface area contributed by atoms with E-state index in [0.717, 1.165) is 10.7 Å². The number of hydrogen-bond acceptors (Lipinski definition) is 2. The first-order valence-electron chi connectivity index (χ1n) is 5.73. The maximum absolute atomic E-state index is 4.49. The Morgan fingerprint density at radius 1 is 1.25 bits per heavy atom. The van der Waals surface area contributed by atoms with Gasteiger partial charge in [0.25, 0.3) is 0 Å². The average molecular weight is 231 g/mol. The van der Waals surface area contributed by atoms with Crippen molar-refractivity contribution in [2.45, 2.75) is 33.1 Å². The van der Waals surface area contributed by atoms with Crippen LogP contribution in [0.2, 0.25) is 0 Å². The van der Waals surface area contributed by atoms with Gasteiger partial charge in [-0.15, -0.1) is 11.3 Å². The van der Waals surface area contributed by atoms with Crippen molar-refractivity contribution >= 4 is 11.3 Å². The minimum Gasteiger partial charge on any atom is -0.242 e. The Kier molecular flexibility index (Phi) is 3.39. The van der Waals surface area contributed by atoms with Crippen molar-refractivity contribution in [1.29, 1.82) is 0 Å². The Hall–Kier alpha value is -1.15. The van der Waals surface area contributed by atoms with Crippen molar-refractivity contribution in [3.05, 3.63) is 40.2 Å². The highest BCUT2D eigenvalue weighted by Crippen LogP contribution is 2.25. The second kappa shape index (κ2) is 4.79. The van der Waals surface area contributed by atoms with Crippen molar-refractivity contribution in [1.82, 2.24) is 4.98 Å². The highest BCUT2D eigenvalue weighted by atomic mass is 32.1. The summed E-state index contributed by atoms with van der Waals surface area (Å²) in [5.41, 5.74) is 3.73. The van der Waals surface area contributed by atoms with Crippen LogP contribution in [-0.4, -0.2) is 4.98 Å². The van der Waals surface area contributed by atoms with Crippen molar-refractivity contribution in [2.24, 2.45) is 0 Å². The molecule has 0 amide bonds. The molecule has 1 heterocycles. The summed E-state index contributed by atoms with van der Waals surface area (Å²) in [7, 11) is 0. The molecule has 0 aliphatic heterocycles. The first-order chi connectivity index (χ1) is 7.70. The Bertz CT molecular complexity index is 456. The zero-order chi connectivity index (χ0) is 11.5. The normalized spacial score (nSPS) is 12.7. The highest BCUT2D eigenvalue weighted by molar-refractivity contribution is 7.09. The van der Waals surface area contributed by atoms with Gasteiger partial charge < -0.3 is 0 Å². The molecule has 0 aliphatic carbocycles. The molecule has 0 radical (unpaired) electrons. The first-order valence-corrected chi connectivity index (χ1v) is 6.61. The molecule has 2 aromatic rings. The maximum Gasteiger partial charge on any atom is 0.0901 e. The largest absolute Gasteiger partial charge is 0.242 e. The van der Waals surface area contributed by atoms with Crippen LogP contribution in [-0.2, 0) is 0 Å². The predicted octanol–water partition coefficient (Wildman–Crippen LogP) is 4.63. The summed E-state index contributed by atoms with van der Waals surface area (Å²) in [6, 6.07) is 8.79. The molecule has 0 saturated heterocycles. The van der Waals surface area contributed by atoms with Gasteiger partial charge >= 0.3 is 0 Å². The molecule has 16 heavy (non-hydrogen) atoms. The minimum atomic E-state index is 0.645. The number of thiazole rings is 1. The van der Waals surface area contributed by atoms with E-state index in [2.05, 4.69) is 48.5 Å². The number of hydrogen-bond donors (Lipinski definition) is 0. The topological polar surface area (TPSA) is 12.9 Å². The van der Waals surface area contributed by atoms with Crippen LogP contribution in [0.15, 0.2) is 29.6 Å². The standard InChI is InChI=1S/C14H17NS/c1-4-10(2)12-5-7-13(8-6-12)14-9-16-11(3)15-14/h5-10H,4H2,1-3H3. The van der Waals surface area contributed by atoms with Crippen LogP contribution in [0.4, 0.5) is 0 Å². The summed E-state index contributed by atoms with van der Waals surface area (Å²) >= 11 is 1.70. The third-order valence-electron chi connectivity index (χ3n) is 3.01. The fourth-order valence-corrected chi connectivity index (χ4v) is 2.34. The van der Waals surface area contributed by atoms with Crippen LogP contribution < -0.4 is 0 Å². The van der Waals surface area contributed by atoms with Crippen LogP contribution in [0.5, 0.6) is 0 Å². The van der Waals surface area contributed by atoms with Crippen LogP contribution in [0, 0.1) is 6.92 Å². The van der Waals surface area contributed by atoms with Gasteiger partial charge in [0, 0.05) is 10.9 Å². The molecule has 0 fully saturated rings. The molecule has 84 valence electrons. The molecule has 1 aromatic carbocycles. The van der Waals surface area contributed by atoms with Crippen LogP contribution >= 0.6 is 11.3 Å². The third kappa shape index (κ3) is 2.33. The number of rotatable bonds is 3. The van der Waals surface area contributed by atoms with Gasteiger partial charge in [0.1, 0.15) is 0 Å². The van der Waals surface area contributed by atoms with Gasteiger partial charge in [-0.2, -0.15) is 0 Å². The van der Waals surface area contributed by atoms with Crippen LogP contribution in [0.1, 0.15) is 36.8 Å². The molecule has 0 saturated carbocycles. The first kappa shape index (κ1) is 11.3. The summed E-state index contributed by atoms with van der Waals surface area (Å²) in [5, 5.41) is 3.24. The summed E-state index contributed by atoms with van der Waals surface area (Å²) in [5.74, 6) is 0.645. The second-order valence-electron chi connectivity index (χ2n) is 4.18. The fourth-order valence-electron chi connectivity index (χ4n) is 1.71. The summed E-state index contributed by atoms with van der Waals surface area (Å²) in [4.78, 5) is 4.49. The molecule has 1 atom stereocenters. The van der Waals surface area contributed by atoms with Gasteiger partial charge in [0.15, 0.2) is 0 Å². The molecular formula is C14H17NS. The van der Waals surface area contributed by atoms with E-state index >= 15 is 0 Å². The Labute approximate surface area is 101 Å². The molecule has 2 heteroatoms. The Morgan fingerprint density at radius 2 is 1.94 bits per heavy atom. The third-order valence-corrected chi connectivity index (χ3v) is 3.78. The van der Waals surface area contributed by atoms with E-state index in [1.54, 1.807) is 11.3 Å². The average Bonchev–Trinajstić information content (AvgIpc) is 2.75. The monoisotopic (exact) mass is 231 g/mol. The zero-order valence-electron chi connectivity index (χ0n) is 10.0. The molecule has 0 aliphatic rings. The van der Waals surface area contributed by atoms with Crippen molar-refractivity contribution < 1.29 is 0 Å². The predicted molar refractivity (Wildman–Crippen MR) is 71.0 cm³/mol. The number of nitrogens with zero attached hydrogens (tertiary/aromatic N) is 1. The van der Waals surface area contributed by atoms with Gasteiger partial charge in [-0.1, -0.05) is 38.1 Å². The Balaban J connectivity index is 2.25.